The molecule has 0 unspecified atom stereocenters. The van der Waals surface area contributed by atoms with E-state index in [1.165, 1.54) is 0 Å². The zero-order valence-electron chi connectivity index (χ0n) is 16.7. The molecule has 1 heterocycles. The topological polar surface area (TPSA) is 49.0 Å². The monoisotopic (exact) mass is 523 g/mol. The first-order valence-electron chi connectivity index (χ1n) is 9.61. The summed E-state index contributed by atoms with van der Waals surface area (Å²) in [7, 11) is 1.61. The molecule has 0 aliphatic carbocycles. The molecular weight excluding hydrogens is 505 g/mol. The summed E-state index contributed by atoms with van der Waals surface area (Å²) in [6.45, 7) is 1.89. The minimum absolute atomic E-state index is 0.278. The predicted molar refractivity (Wildman–Crippen MR) is 126 cm³/mol. The number of anilines is 1. The summed E-state index contributed by atoms with van der Waals surface area (Å²) in [5.74, 6) is 2.75. The summed E-state index contributed by atoms with van der Waals surface area (Å²) in [6.07, 6.45) is 0. The van der Waals surface area contributed by atoms with Crippen molar-refractivity contribution >= 4 is 44.8 Å². The Balaban J connectivity index is 1.55. The molecule has 1 aliphatic heterocycles. The molecular formula is C23H20BrCl2NO4. The van der Waals surface area contributed by atoms with Crippen LogP contribution >= 0.6 is 39.1 Å². The van der Waals surface area contributed by atoms with E-state index >= 15 is 0 Å². The Morgan fingerprint density at radius 2 is 1.81 bits per heavy atom. The second kappa shape index (κ2) is 9.90. The van der Waals surface area contributed by atoms with Gasteiger partial charge < -0.3 is 24.3 Å². The van der Waals surface area contributed by atoms with Crippen molar-refractivity contribution in [2.45, 2.75) is 13.2 Å². The first-order valence-corrected chi connectivity index (χ1v) is 11.2. The molecule has 0 atom stereocenters. The van der Waals surface area contributed by atoms with E-state index in [1.807, 2.05) is 36.4 Å². The van der Waals surface area contributed by atoms with Crippen LogP contribution in [0.15, 0.2) is 53.0 Å². The minimum atomic E-state index is 0.278. The summed E-state index contributed by atoms with van der Waals surface area (Å²) in [6, 6.07) is 14.9. The zero-order valence-corrected chi connectivity index (χ0v) is 19.8. The van der Waals surface area contributed by atoms with Crippen LogP contribution in [0.5, 0.6) is 23.0 Å². The van der Waals surface area contributed by atoms with Gasteiger partial charge in [0.1, 0.15) is 19.8 Å². The highest BCUT2D eigenvalue weighted by Crippen LogP contribution is 2.38. The van der Waals surface area contributed by atoms with Crippen LogP contribution in [0.4, 0.5) is 5.69 Å². The van der Waals surface area contributed by atoms with Crippen molar-refractivity contribution in [3.05, 3.63) is 74.2 Å². The highest BCUT2D eigenvalue weighted by Gasteiger charge is 2.17. The van der Waals surface area contributed by atoms with Crippen LogP contribution in [-0.4, -0.2) is 20.3 Å². The number of ether oxygens (including phenoxy) is 4. The molecule has 8 heteroatoms. The third-order valence-corrected chi connectivity index (χ3v) is 6.12. The fraction of sp³-hybridized carbons (Fsp3) is 0.217. The third kappa shape index (κ3) is 5.14. The molecule has 31 heavy (non-hydrogen) atoms. The molecule has 3 aromatic rings. The van der Waals surface area contributed by atoms with Crippen LogP contribution in [0.2, 0.25) is 10.0 Å². The number of nitrogens with one attached hydrogen (secondary N) is 1. The maximum absolute atomic E-state index is 6.30. The number of methoxy groups -OCH3 is 1. The van der Waals surface area contributed by atoms with Gasteiger partial charge in [0.2, 0.25) is 0 Å². The fourth-order valence-corrected chi connectivity index (χ4v) is 4.11. The van der Waals surface area contributed by atoms with E-state index in [-0.39, 0.29) is 6.61 Å². The number of halogens is 3. The molecule has 0 saturated carbocycles. The van der Waals surface area contributed by atoms with Crippen LogP contribution in [0, 0.1) is 0 Å². The second-order valence-electron chi connectivity index (χ2n) is 6.79. The molecule has 0 aromatic heterocycles. The van der Waals surface area contributed by atoms with Crippen molar-refractivity contribution in [3.63, 3.8) is 0 Å². The molecule has 162 valence electrons. The summed E-state index contributed by atoms with van der Waals surface area (Å²) < 4.78 is 23.8. The molecule has 5 nitrogen and oxygen atoms in total. The average molecular weight is 525 g/mol. The van der Waals surface area contributed by atoms with E-state index < -0.39 is 0 Å². The van der Waals surface area contributed by atoms with Crippen molar-refractivity contribution < 1.29 is 18.9 Å². The van der Waals surface area contributed by atoms with Gasteiger partial charge in [0.05, 0.1) is 7.11 Å². The Morgan fingerprint density at radius 1 is 1.00 bits per heavy atom. The van der Waals surface area contributed by atoms with Crippen molar-refractivity contribution in [3.8, 4) is 23.0 Å². The van der Waals surface area contributed by atoms with Crippen molar-refractivity contribution in [2.75, 3.05) is 25.6 Å². The molecule has 0 saturated heterocycles. The van der Waals surface area contributed by atoms with Gasteiger partial charge in [-0.05, 0) is 36.4 Å². The number of hydrogen-bond donors (Lipinski definition) is 1. The number of rotatable bonds is 7. The first kappa shape index (κ1) is 21.9. The standard InChI is InChI=1S/C23H20BrCl2NO4/c1-28-21-7-5-18(24)17(23(21)31-13-14-2-3-15(25)10-19(14)26)12-27-16-4-6-20-22(11-16)30-9-8-29-20/h2-7,10-11,27H,8-9,12-13H2,1H3. The number of benzene rings is 3. The lowest BCUT2D eigenvalue weighted by Gasteiger charge is -2.20. The van der Waals surface area contributed by atoms with Crippen LogP contribution < -0.4 is 24.3 Å². The van der Waals surface area contributed by atoms with Gasteiger partial charge in [0, 0.05) is 43.9 Å². The van der Waals surface area contributed by atoms with Gasteiger partial charge in [-0.3, -0.25) is 0 Å². The summed E-state index contributed by atoms with van der Waals surface area (Å²) in [4.78, 5) is 0. The largest absolute Gasteiger partial charge is 0.493 e. The quantitative estimate of drug-likeness (QED) is 0.371. The van der Waals surface area contributed by atoms with Gasteiger partial charge in [-0.1, -0.05) is 45.2 Å². The van der Waals surface area contributed by atoms with Gasteiger partial charge in [-0.25, -0.2) is 0 Å². The van der Waals surface area contributed by atoms with Crippen LogP contribution in [0.1, 0.15) is 11.1 Å². The van der Waals surface area contributed by atoms with Crippen molar-refractivity contribution in [1.82, 2.24) is 0 Å². The van der Waals surface area contributed by atoms with Gasteiger partial charge in [0.25, 0.3) is 0 Å². The Kier molecular flexibility index (Phi) is 7.00. The number of hydrogen-bond acceptors (Lipinski definition) is 5. The smallest absolute Gasteiger partial charge is 0.167 e. The predicted octanol–water partition coefficient (Wildman–Crippen LogP) is 6.73. The molecule has 0 bridgehead atoms. The first-order chi connectivity index (χ1) is 15.0. The molecule has 0 amide bonds. The van der Waals surface area contributed by atoms with E-state index in [2.05, 4.69) is 21.2 Å². The molecule has 0 fully saturated rings. The van der Waals surface area contributed by atoms with E-state index in [0.717, 1.165) is 32.8 Å². The normalized spacial score (nSPS) is 12.4. The molecule has 4 rings (SSSR count). The van der Waals surface area contributed by atoms with Crippen molar-refractivity contribution in [2.24, 2.45) is 0 Å². The Labute approximate surface area is 199 Å². The van der Waals surface area contributed by atoms with E-state index in [9.17, 15) is 0 Å². The van der Waals surface area contributed by atoms with Gasteiger partial charge in [-0.15, -0.1) is 0 Å². The Morgan fingerprint density at radius 3 is 2.58 bits per heavy atom. The maximum Gasteiger partial charge on any atom is 0.167 e. The zero-order chi connectivity index (χ0) is 21.8. The van der Waals surface area contributed by atoms with Crippen LogP contribution in [0.25, 0.3) is 0 Å². The highest BCUT2D eigenvalue weighted by atomic mass is 79.9. The minimum Gasteiger partial charge on any atom is -0.493 e. The Bertz CT molecular complexity index is 1090. The fourth-order valence-electron chi connectivity index (χ4n) is 3.20. The molecule has 3 aromatic carbocycles. The van der Waals surface area contributed by atoms with E-state index in [1.54, 1.807) is 19.2 Å². The van der Waals surface area contributed by atoms with Crippen molar-refractivity contribution in [1.29, 1.82) is 0 Å². The lowest BCUT2D eigenvalue weighted by Crippen LogP contribution is -2.15. The Hall–Kier alpha value is -2.28. The van der Waals surface area contributed by atoms with E-state index in [4.69, 9.17) is 42.1 Å². The summed E-state index contributed by atoms with van der Waals surface area (Å²) in [5, 5.41) is 4.55. The maximum atomic E-state index is 6.30. The van der Waals surface area contributed by atoms with Crippen LogP contribution in [-0.2, 0) is 13.2 Å². The van der Waals surface area contributed by atoms with Gasteiger partial charge in [-0.2, -0.15) is 0 Å². The second-order valence-corrected chi connectivity index (χ2v) is 8.49. The highest BCUT2D eigenvalue weighted by molar-refractivity contribution is 9.10. The van der Waals surface area contributed by atoms with Crippen LogP contribution in [0.3, 0.4) is 0 Å². The third-order valence-electron chi connectivity index (χ3n) is 4.79. The lowest BCUT2D eigenvalue weighted by molar-refractivity contribution is 0.171. The van der Waals surface area contributed by atoms with Gasteiger partial charge >= 0.3 is 0 Å². The molecule has 0 radical (unpaired) electrons. The molecule has 0 spiro atoms. The molecule has 1 aliphatic rings. The van der Waals surface area contributed by atoms with Gasteiger partial charge in [0.15, 0.2) is 23.0 Å². The number of fused-ring (bicyclic) bond motifs is 1. The summed E-state index contributed by atoms with van der Waals surface area (Å²) in [5.41, 5.74) is 2.66. The average Bonchev–Trinajstić information content (AvgIpc) is 2.78. The van der Waals surface area contributed by atoms with E-state index in [0.29, 0.717) is 41.3 Å². The lowest BCUT2D eigenvalue weighted by atomic mass is 10.1. The summed E-state index contributed by atoms with van der Waals surface area (Å²) >= 11 is 15.9. The SMILES string of the molecule is COc1ccc(Br)c(CNc2ccc3c(c2)OCCO3)c1OCc1ccc(Cl)cc1Cl. The molecule has 1 N–H and O–H groups in total.